The van der Waals surface area contributed by atoms with Gasteiger partial charge in [0.05, 0.1) is 11.9 Å². The van der Waals surface area contributed by atoms with E-state index in [4.69, 9.17) is 10.8 Å². The van der Waals surface area contributed by atoms with E-state index in [-0.39, 0.29) is 5.82 Å². The lowest BCUT2D eigenvalue weighted by Gasteiger charge is -2.23. The molecule has 0 atom stereocenters. The van der Waals surface area contributed by atoms with Crippen molar-refractivity contribution < 1.29 is 9.90 Å². The molecule has 2 aromatic rings. The van der Waals surface area contributed by atoms with Crippen molar-refractivity contribution in [3.8, 4) is 11.3 Å². The summed E-state index contributed by atoms with van der Waals surface area (Å²) in [6.45, 7) is 3.68. The highest BCUT2D eigenvalue weighted by Gasteiger charge is 2.18. The van der Waals surface area contributed by atoms with Crippen LogP contribution in [0.1, 0.15) is 6.42 Å². The maximum absolute atomic E-state index is 10.8. The zero-order valence-corrected chi connectivity index (χ0v) is 14.0. The molecule has 0 aromatic carbocycles. The predicted octanol–water partition coefficient (Wildman–Crippen LogP) is 1.35. The molecule has 0 bridgehead atoms. The molecule has 0 unspecified atom stereocenters. The molecule has 132 valence electrons. The fourth-order valence-electron chi connectivity index (χ4n) is 2.79. The quantitative estimate of drug-likeness (QED) is 0.764. The molecule has 0 spiro atoms. The van der Waals surface area contributed by atoms with Crippen LogP contribution in [0.25, 0.3) is 11.3 Å². The van der Waals surface area contributed by atoms with Crippen LogP contribution in [0.4, 0.5) is 22.2 Å². The minimum Gasteiger partial charge on any atom is -0.465 e. The molecule has 4 N–H and O–H groups in total. The molecule has 1 amide bonds. The van der Waals surface area contributed by atoms with E-state index in [2.05, 4.69) is 37.1 Å². The average Bonchev–Trinajstić information content (AvgIpc) is 2.79. The van der Waals surface area contributed by atoms with E-state index in [0.29, 0.717) is 17.3 Å². The molecule has 3 heterocycles. The van der Waals surface area contributed by atoms with Crippen molar-refractivity contribution in [2.45, 2.75) is 6.42 Å². The second-order valence-corrected chi connectivity index (χ2v) is 5.97. The Kier molecular flexibility index (Phi) is 4.94. The molecule has 9 heteroatoms. The van der Waals surface area contributed by atoms with Crippen LogP contribution in [-0.2, 0) is 0 Å². The van der Waals surface area contributed by atoms with Gasteiger partial charge in [0.2, 0.25) is 0 Å². The van der Waals surface area contributed by atoms with Crippen molar-refractivity contribution in [1.29, 1.82) is 0 Å². The molecule has 2 aromatic heterocycles. The Labute approximate surface area is 145 Å². The Morgan fingerprint density at radius 3 is 2.92 bits per heavy atom. The van der Waals surface area contributed by atoms with E-state index < -0.39 is 6.09 Å². The minimum absolute atomic E-state index is 0.238. The van der Waals surface area contributed by atoms with Crippen molar-refractivity contribution in [2.24, 2.45) is 0 Å². The molecule has 0 saturated carbocycles. The van der Waals surface area contributed by atoms with Crippen LogP contribution in [0.3, 0.4) is 0 Å². The number of nitrogens with two attached hydrogens (primary N) is 1. The summed E-state index contributed by atoms with van der Waals surface area (Å²) in [4.78, 5) is 28.1. The normalized spacial score (nSPS) is 15.6. The molecule has 0 aliphatic carbocycles. The van der Waals surface area contributed by atoms with E-state index in [1.807, 2.05) is 0 Å². The second-order valence-electron chi connectivity index (χ2n) is 5.97. The van der Waals surface area contributed by atoms with Crippen LogP contribution in [0, 0.1) is 0 Å². The van der Waals surface area contributed by atoms with Gasteiger partial charge in [0.15, 0.2) is 11.6 Å². The van der Waals surface area contributed by atoms with Crippen molar-refractivity contribution in [2.75, 3.05) is 49.2 Å². The summed E-state index contributed by atoms with van der Waals surface area (Å²) in [6.07, 6.45) is 2.98. The highest BCUT2D eigenvalue weighted by atomic mass is 16.4. The number of hydrogen-bond acceptors (Lipinski definition) is 7. The maximum atomic E-state index is 10.8. The van der Waals surface area contributed by atoms with E-state index in [1.165, 1.54) is 6.20 Å². The fourth-order valence-corrected chi connectivity index (χ4v) is 2.79. The number of nitrogen functional groups attached to an aromatic ring is 1. The van der Waals surface area contributed by atoms with Gasteiger partial charge in [-0.2, -0.15) is 0 Å². The van der Waals surface area contributed by atoms with Crippen LogP contribution < -0.4 is 16.0 Å². The molecule has 3 rings (SSSR count). The van der Waals surface area contributed by atoms with Gasteiger partial charge < -0.3 is 20.6 Å². The third-order valence-electron chi connectivity index (χ3n) is 4.09. The summed E-state index contributed by atoms with van der Waals surface area (Å²) >= 11 is 0. The standard InChI is InChI=1S/C16H21N7O2/c1-22-5-2-6-23(8-7-22)15-14(17)19-10-12(20-15)11-3-4-18-13(9-11)21-16(24)25/h3-4,9-10H,2,5-8H2,1H3,(H2,17,19)(H,18,21)(H,24,25). The van der Waals surface area contributed by atoms with E-state index in [9.17, 15) is 4.79 Å². The van der Waals surface area contributed by atoms with E-state index in [0.717, 1.165) is 38.2 Å². The van der Waals surface area contributed by atoms with Gasteiger partial charge in [-0.15, -0.1) is 0 Å². The van der Waals surface area contributed by atoms with Gasteiger partial charge in [-0.3, -0.25) is 5.32 Å². The number of anilines is 3. The summed E-state index contributed by atoms with van der Waals surface area (Å²) in [6, 6.07) is 3.38. The van der Waals surface area contributed by atoms with Gasteiger partial charge in [-0.05, 0) is 32.1 Å². The number of nitrogens with one attached hydrogen (secondary N) is 1. The first-order chi connectivity index (χ1) is 12.0. The van der Waals surface area contributed by atoms with Gasteiger partial charge in [0.25, 0.3) is 0 Å². The van der Waals surface area contributed by atoms with Crippen LogP contribution >= 0.6 is 0 Å². The minimum atomic E-state index is -1.16. The third kappa shape index (κ3) is 4.13. The Hall–Kier alpha value is -2.94. The summed E-state index contributed by atoms with van der Waals surface area (Å²) in [5.41, 5.74) is 7.39. The zero-order chi connectivity index (χ0) is 17.8. The molecule has 1 aliphatic rings. The number of likely N-dealkylation sites (N-methyl/N-ethyl adjacent to an activating group) is 1. The van der Waals surface area contributed by atoms with Crippen LogP contribution in [0.15, 0.2) is 24.5 Å². The highest BCUT2D eigenvalue weighted by Crippen LogP contribution is 2.25. The lowest BCUT2D eigenvalue weighted by Crippen LogP contribution is -2.30. The van der Waals surface area contributed by atoms with Crippen LogP contribution in [-0.4, -0.2) is 64.3 Å². The predicted molar refractivity (Wildman–Crippen MR) is 95.6 cm³/mol. The Morgan fingerprint density at radius 1 is 1.28 bits per heavy atom. The van der Waals surface area contributed by atoms with Crippen LogP contribution in [0.2, 0.25) is 0 Å². The van der Waals surface area contributed by atoms with E-state index in [1.54, 1.807) is 18.3 Å². The van der Waals surface area contributed by atoms with Crippen molar-refractivity contribution in [3.05, 3.63) is 24.5 Å². The summed E-state index contributed by atoms with van der Waals surface area (Å²) in [7, 11) is 2.10. The number of pyridine rings is 1. The number of rotatable bonds is 3. The Morgan fingerprint density at radius 2 is 2.12 bits per heavy atom. The monoisotopic (exact) mass is 343 g/mol. The number of carbonyl (C=O) groups is 1. The second kappa shape index (κ2) is 7.31. The molecule has 0 radical (unpaired) electrons. The van der Waals surface area contributed by atoms with Gasteiger partial charge >= 0.3 is 6.09 Å². The van der Waals surface area contributed by atoms with Gasteiger partial charge in [-0.25, -0.2) is 19.7 Å². The number of amides is 1. The molecular formula is C16H21N7O2. The summed E-state index contributed by atoms with van der Waals surface area (Å²) in [5.74, 6) is 1.30. The topological polar surface area (TPSA) is 120 Å². The molecular weight excluding hydrogens is 322 g/mol. The maximum Gasteiger partial charge on any atom is 0.410 e. The smallest absolute Gasteiger partial charge is 0.410 e. The molecule has 9 nitrogen and oxygen atoms in total. The highest BCUT2D eigenvalue weighted by molar-refractivity contribution is 5.82. The summed E-state index contributed by atoms with van der Waals surface area (Å²) < 4.78 is 0. The molecule has 1 saturated heterocycles. The SMILES string of the molecule is CN1CCCN(c2nc(-c3ccnc(NC(=O)O)c3)cnc2N)CC1. The van der Waals surface area contributed by atoms with Crippen molar-refractivity contribution in [3.63, 3.8) is 0 Å². The number of nitrogens with zero attached hydrogens (tertiary/aromatic N) is 5. The first-order valence-corrected chi connectivity index (χ1v) is 8.05. The molecule has 25 heavy (non-hydrogen) atoms. The van der Waals surface area contributed by atoms with Gasteiger partial charge in [0.1, 0.15) is 5.82 Å². The third-order valence-corrected chi connectivity index (χ3v) is 4.09. The fraction of sp³-hybridized carbons (Fsp3) is 0.375. The Balaban J connectivity index is 1.90. The zero-order valence-electron chi connectivity index (χ0n) is 14.0. The van der Waals surface area contributed by atoms with E-state index >= 15 is 0 Å². The number of aromatic nitrogens is 3. The number of hydrogen-bond donors (Lipinski definition) is 3. The first kappa shape index (κ1) is 16.9. The lowest BCUT2D eigenvalue weighted by atomic mass is 10.2. The molecule has 1 fully saturated rings. The average molecular weight is 343 g/mol. The largest absolute Gasteiger partial charge is 0.465 e. The summed E-state index contributed by atoms with van der Waals surface area (Å²) in [5, 5.41) is 11.1. The first-order valence-electron chi connectivity index (χ1n) is 8.05. The lowest BCUT2D eigenvalue weighted by molar-refractivity contribution is 0.209. The van der Waals surface area contributed by atoms with Gasteiger partial charge in [0, 0.05) is 31.4 Å². The van der Waals surface area contributed by atoms with Crippen molar-refractivity contribution >= 4 is 23.5 Å². The van der Waals surface area contributed by atoms with Crippen molar-refractivity contribution in [1.82, 2.24) is 19.9 Å². The van der Waals surface area contributed by atoms with Crippen LogP contribution in [0.5, 0.6) is 0 Å². The Bertz CT molecular complexity index is 768. The van der Waals surface area contributed by atoms with Gasteiger partial charge in [-0.1, -0.05) is 0 Å². The molecule has 1 aliphatic heterocycles. The number of carboxylic acid groups (broad SMARTS) is 1.